The maximum atomic E-state index is 6.14. The van der Waals surface area contributed by atoms with Gasteiger partial charge in [0.2, 0.25) is 0 Å². The highest BCUT2D eigenvalue weighted by atomic mass is 35.5. The van der Waals surface area contributed by atoms with Crippen molar-refractivity contribution in [1.82, 2.24) is 20.4 Å². The van der Waals surface area contributed by atoms with E-state index in [0.29, 0.717) is 5.11 Å². The summed E-state index contributed by atoms with van der Waals surface area (Å²) in [5.41, 5.74) is 3.21. The van der Waals surface area contributed by atoms with Crippen molar-refractivity contribution in [2.75, 3.05) is 13.1 Å². The van der Waals surface area contributed by atoms with Crippen LogP contribution in [0.3, 0.4) is 0 Å². The lowest BCUT2D eigenvalue weighted by Crippen LogP contribution is -2.37. The van der Waals surface area contributed by atoms with Gasteiger partial charge in [0, 0.05) is 19.6 Å². The smallest absolute Gasteiger partial charge is 0.166 e. The Kier molecular flexibility index (Phi) is 6.86. The summed E-state index contributed by atoms with van der Waals surface area (Å²) in [6.45, 7) is 6.40. The fourth-order valence-corrected chi connectivity index (χ4v) is 2.69. The third-order valence-electron chi connectivity index (χ3n) is 3.67. The van der Waals surface area contributed by atoms with E-state index in [2.05, 4.69) is 40.0 Å². The second-order valence-corrected chi connectivity index (χ2v) is 6.27. The molecule has 1 aromatic heterocycles. The fourth-order valence-electron chi connectivity index (χ4n) is 2.35. The van der Waals surface area contributed by atoms with Gasteiger partial charge in [-0.2, -0.15) is 5.10 Å². The van der Waals surface area contributed by atoms with Gasteiger partial charge in [-0.3, -0.25) is 4.68 Å². The standard InChI is InChI=1S/C17H23ClN4S/c1-13-16(18)14(2)22(21-13)12-6-10-19-17(23)20-11-9-15-7-4-3-5-8-15/h3-5,7-8H,6,9-12H2,1-2H3,(H2,19,20,23). The average molecular weight is 351 g/mol. The number of rotatable bonds is 7. The van der Waals surface area contributed by atoms with Gasteiger partial charge < -0.3 is 10.6 Å². The number of nitrogens with one attached hydrogen (secondary N) is 2. The van der Waals surface area contributed by atoms with Gasteiger partial charge in [0.15, 0.2) is 5.11 Å². The molecule has 0 aliphatic carbocycles. The lowest BCUT2D eigenvalue weighted by molar-refractivity contribution is 0.556. The van der Waals surface area contributed by atoms with E-state index >= 15 is 0 Å². The van der Waals surface area contributed by atoms with Crippen LogP contribution < -0.4 is 10.6 Å². The van der Waals surface area contributed by atoms with Crippen molar-refractivity contribution < 1.29 is 0 Å². The van der Waals surface area contributed by atoms with Gasteiger partial charge >= 0.3 is 0 Å². The molecule has 1 aromatic carbocycles. The molecule has 0 fully saturated rings. The van der Waals surface area contributed by atoms with Crippen LogP contribution in [0.5, 0.6) is 0 Å². The normalized spacial score (nSPS) is 10.6. The zero-order valence-electron chi connectivity index (χ0n) is 13.6. The molecule has 23 heavy (non-hydrogen) atoms. The van der Waals surface area contributed by atoms with Crippen LogP contribution in [0.2, 0.25) is 5.02 Å². The van der Waals surface area contributed by atoms with Crippen LogP contribution in [0.15, 0.2) is 30.3 Å². The SMILES string of the molecule is Cc1nn(CCCNC(=S)NCCc2ccccc2)c(C)c1Cl. The molecule has 1 heterocycles. The van der Waals surface area contributed by atoms with Crippen molar-refractivity contribution in [1.29, 1.82) is 0 Å². The first-order chi connectivity index (χ1) is 11.1. The van der Waals surface area contributed by atoms with Crippen LogP contribution in [0.25, 0.3) is 0 Å². The highest BCUT2D eigenvalue weighted by molar-refractivity contribution is 7.80. The first kappa shape index (κ1) is 17.8. The Morgan fingerprint density at radius 2 is 1.87 bits per heavy atom. The maximum Gasteiger partial charge on any atom is 0.166 e. The van der Waals surface area contributed by atoms with E-state index < -0.39 is 0 Å². The molecule has 0 spiro atoms. The molecule has 6 heteroatoms. The third-order valence-corrected chi connectivity index (χ3v) is 4.50. The van der Waals surface area contributed by atoms with E-state index in [-0.39, 0.29) is 0 Å². The van der Waals surface area contributed by atoms with Crippen LogP contribution in [-0.2, 0) is 13.0 Å². The van der Waals surface area contributed by atoms with Gasteiger partial charge in [-0.15, -0.1) is 0 Å². The lowest BCUT2D eigenvalue weighted by atomic mass is 10.1. The van der Waals surface area contributed by atoms with Gasteiger partial charge in [-0.25, -0.2) is 0 Å². The molecule has 0 unspecified atom stereocenters. The first-order valence-corrected chi connectivity index (χ1v) is 8.61. The predicted molar refractivity (Wildman–Crippen MR) is 100 cm³/mol. The highest BCUT2D eigenvalue weighted by Gasteiger charge is 2.08. The summed E-state index contributed by atoms with van der Waals surface area (Å²) in [5, 5.41) is 12.3. The molecular formula is C17H23ClN4S. The van der Waals surface area contributed by atoms with Crippen LogP contribution in [-0.4, -0.2) is 28.0 Å². The first-order valence-electron chi connectivity index (χ1n) is 7.83. The molecule has 0 aliphatic heterocycles. The molecule has 0 atom stereocenters. The van der Waals surface area contributed by atoms with Crippen LogP contribution >= 0.6 is 23.8 Å². The second-order valence-electron chi connectivity index (χ2n) is 5.48. The Morgan fingerprint density at radius 1 is 1.17 bits per heavy atom. The Bertz CT molecular complexity index is 640. The quantitative estimate of drug-likeness (QED) is 0.594. The van der Waals surface area contributed by atoms with Crippen molar-refractivity contribution in [3.05, 3.63) is 52.3 Å². The molecule has 0 bridgehead atoms. The zero-order valence-corrected chi connectivity index (χ0v) is 15.2. The van der Waals surface area contributed by atoms with Crippen molar-refractivity contribution in [3.8, 4) is 0 Å². The summed E-state index contributed by atoms with van der Waals surface area (Å²) in [4.78, 5) is 0. The summed E-state index contributed by atoms with van der Waals surface area (Å²) < 4.78 is 1.95. The number of benzene rings is 1. The minimum absolute atomic E-state index is 0.701. The summed E-state index contributed by atoms with van der Waals surface area (Å²) >= 11 is 11.4. The molecule has 2 N–H and O–H groups in total. The van der Waals surface area contributed by atoms with E-state index in [4.69, 9.17) is 23.8 Å². The minimum atomic E-state index is 0.701. The van der Waals surface area contributed by atoms with E-state index in [0.717, 1.165) is 48.9 Å². The molecule has 0 amide bonds. The van der Waals surface area contributed by atoms with E-state index in [9.17, 15) is 0 Å². The van der Waals surface area contributed by atoms with Crippen molar-refractivity contribution >= 4 is 28.9 Å². The van der Waals surface area contributed by atoms with Crippen molar-refractivity contribution in [3.63, 3.8) is 0 Å². The number of hydrogen-bond acceptors (Lipinski definition) is 2. The van der Waals surface area contributed by atoms with E-state index in [1.165, 1.54) is 5.56 Å². The van der Waals surface area contributed by atoms with E-state index in [1.54, 1.807) is 0 Å². The number of hydrogen-bond donors (Lipinski definition) is 2. The topological polar surface area (TPSA) is 41.9 Å². The maximum absolute atomic E-state index is 6.14. The molecule has 4 nitrogen and oxygen atoms in total. The zero-order chi connectivity index (χ0) is 16.7. The molecular weight excluding hydrogens is 328 g/mol. The van der Waals surface area contributed by atoms with Gasteiger partial charge in [-0.1, -0.05) is 41.9 Å². The Labute approximate surface area is 148 Å². The van der Waals surface area contributed by atoms with Gasteiger partial charge in [-0.05, 0) is 44.5 Å². The van der Waals surface area contributed by atoms with Crippen LogP contribution in [0.4, 0.5) is 0 Å². The molecule has 2 aromatic rings. The Balaban J connectivity index is 1.60. The number of thiocarbonyl (C=S) groups is 1. The van der Waals surface area contributed by atoms with Crippen molar-refractivity contribution in [2.45, 2.75) is 33.2 Å². The number of aromatic nitrogens is 2. The summed E-state index contributed by atoms with van der Waals surface area (Å²) in [6, 6.07) is 10.4. The summed E-state index contributed by atoms with van der Waals surface area (Å²) in [7, 11) is 0. The third kappa shape index (κ3) is 5.52. The molecule has 124 valence electrons. The van der Waals surface area contributed by atoms with Gasteiger partial charge in [0.25, 0.3) is 0 Å². The molecule has 2 rings (SSSR count). The number of halogens is 1. The lowest BCUT2D eigenvalue weighted by Gasteiger charge is -2.11. The summed E-state index contributed by atoms with van der Waals surface area (Å²) in [6.07, 6.45) is 1.91. The molecule has 0 saturated carbocycles. The molecule has 0 aliphatic rings. The number of nitrogens with zero attached hydrogens (tertiary/aromatic N) is 2. The van der Waals surface area contributed by atoms with Crippen LogP contribution in [0, 0.1) is 13.8 Å². The summed E-state index contributed by atoms with van der Waals surface area (Å²) in [5.74, 6) is 0. The Morgan fingerprint density at radius 3 is 2.52 bits per heavy atom. The minimum Gasteiger partial charge on any atom is -0.363 e. The Hall–Kier alpha value is -1.59. The predicted octanol–water partition coefficient (Wildman–Crippen LogP) is 3.25. The molecule has 0 radical (unpaired) electrons. The van der Waals surface area contributed by atoms with Gasteiger partial charge in [0.1, 0.15) is 0 Å². The second kappa shape index (κ2) is 8.89. The van der Waals surface area contributed by atoms with Crippen LogP contribution in [0.1, 0.15) is 23.4 Å². The monoisotopic (exact) mass is 350 g/mol. The highest BCUT2D eigenvalue weighted by Crippen LogP contribution is 2.18. The molecule has 0 saturated heterocycles. The van der Waals surface area contributed by atoms with Crippen molar-refractivity contribution in [2.24, 2.45) is 0 Å². The average Bonchev–Trinajstić information content (AvgIpc) is 2.80. The van der Waals surface area contributed by atoms with E-state index in [1.807, 2.05) is 24.6 Å². The largest absolute Gasteiger partial charge is 0.363 e. The van der Waals surface area contributed by atoms with Gasteiger partial charge in [0.05, 0.1) is 16.4 Å². The number of aryl methyl sites for hydroxylation is 2. The fraction of sp³-hybridized carbons (Fsp3) is 0.412.